The van der Waals surface area contributed by atoms with Crippen LogP contribution in [0.5, 0.6) is 5.75 Å². The zero-order valence-corrected chi connectivity index (χ0v) is 16.5. The summed E-state index contributed by atoms with van der Waals surface area (Å²) in [4.78, 5) is 21.5. The summed E-state index contributed by atoms with van der Waals surface area (Å²) < 4.78 is 19.0. The van der Waals surface area contributed by atoms with E-state index in [1.54, 1.807) is 6.07 Å². The Hall–Kier alpha value is -3.07. The summed E-state index contributed by atoms with van der Waals surface area (Å²) in [5, 5.41) is 8.77. The van der Waals surface area contributed by atoms with E-state index >= 15 is 0 Å². The van der Waals surface area contributed by atoms with Crippen LogP contribution in [0.25, 0.3) is 0 Å². The van der Waals surface area contributed by atoms with Crippen LogP contribution in [0.15, 0.2) is 42.7 Å². The molecule has 2 aromatic rings. The van der Waals surface area contributed by atoms with Gasteiger partial charge in [-0.1, -0.05) is 12.2 Å². The van der Waals surface area contributed by atoms with Crippen molar-refractivity contribution in [2.45, 2.75) is 51.4 Å². The average molecular weight is 393 g/mol. The standard InChI is InChI=1S/C23H24FN3O2/c1-2-3-4-5-16-14-26-22(27-15-16)17-6-8-18(9-7-17)23(28)29-20-11-10-19(13-25)21(24)12-20/h2-3,10-12,14-15,17-18H,4-9H2,1H3/b3-2+/t17-,18-. The average Bonchev–Trinajstić information content (AvgIpc) is 2.75. The van der Waals surface area contributed by atoms with Crippen molar-refractivity contribution >= 4 is 5.97 Å². The van der Waals surface area contributed by atoms with Gasteiger partial charge in [-0.2, -0.15) is 5.26 Å². The van der Waals surface area contributed by atoms with Gasteiger partial charge >= 0.3 is 5.97 Å². The number of aryl methyl sites for hydroxylation is 1. The van der Waals surface area contributed by atoms with Crippen LogP contribution in [0.2, 0.25) is 0 Å². The second-order valence-corrected chi connectivity index (χ2v) is 7.28. The van der Waals surface area contributed by atoms with E-state index in [1.807, 2.05) is 25.4 Å². The molecule has 1 aromatic carbocycles. The molecule has 0 amide bonds. The van der Waals surface area contributed by atoms with Gasteiger partial charge in [0.05, 0.1) is 11.5 Å². The maximum Gasteiger partial charge on any atom is 0.314 e. The molecule has 0 aliphatic heterocycles. The molecule has 1 saturated carbocycles. The third kappa shape index (κ3) is 5.47. The molecule has 0 bridgehead atoms. The predicted molar refractivity (Wildman–Crippen MR) is 107 cm³/mol. The smallest absolute Gasteiger partial charge is 0.314 e. The van der Waals surface area contributed by atoms with Gasteiger partial charge in [0.1, 0.15) is 23.5 Å². The van der Waals surface area contributed by atoms with Crippen molar-refractivity contribution in [1.29, 1.82) is 5.26 Å². The van der Waals surface area contributed by atoms with Crippen LogP contribution in [0, 0.1) is 23.1 Å². The van der Waals surface area contributed by atoms with E-state index in [0.29, 0.717) is 12.8 Å². The Morgan fingerprint density at radius 1 is 1.28 bits per heavy atom. The third-order valence-corrected chi connectivity index (χ3v) is 5.27. The van der Waals surface area contributed by atoms with E-state index in [1.165, 1.54) is 12.1 Å². The summed E-state index contributed by atoms with van der Waals surface area (Å²) >= 11 is 0. The number of nitrogens with zero attached hydrogens (tertiary/aromatic N) is 3. The number of esters is 1. The van der Waals surface area contributed by atoms with Crippen molar-refractivity contribution in [2.75, 3.05) is 0 Å². The molecule has 0 radical (unpaired) electrons. The van der Waals surface area contributed by atoms with Gasteiger partial charge in [0.15, 0.2) is 0 Å². The molecule has 150 valence electrons. The summed E-state index contributed by atoms with van der Waals surface area (Å²) in [6.45, 7) is 2.01. The van der Waals surface area contributed by atoms with Gasteiger partial charge in [-0.15, -0.1) is 0 Å². The van der Waals surface area contributed by atoms with Crippen LogP contribution in [0.4, 0.5) is 4.39 Å². The lowest BCUT2D eigenvalue weighted by Crippen LogP contribution is -2.25. The lowest BCUT2D eigenvalue weighted by molar-refractivity contribution is -0.140. The summed E-state index contributed by atoms with van der Waals surface area (Å²) in [5.74, 6) is -0.0482. The molecule has 0 N–H and O–H groups in total. The fourth-order valence-corrected chi connectivity index (χ4v) is 3.56. The zero-order valence-electron chi connectivity index (χ0n) is 16.5. The van der Waals surface area contributed by atoms with Gasteiger partial charge < -0.3 is 4.74 Å². The number of allylic oxidation sites excluding steroid dienone is 2. The first kappa shape index (κ1) is 20.7. The molecule has 0 atom stereocenters. The SMILES string of the molecule is C/C=C/CCc1cnc([C@H]2CC[C@H](C(=O)Oc3ccc(C#N)c(F)c3)CC2)nc1. The van der Waals surface area contributed by atoms with Crippen molar-refractivity contribution in [3.8, 4) is 11.8 Å². The lowest BCUT2D eigenvalue weighted by Gasteiger charge is -2.26. The van der Waals surface area contributed by atoms with Gasteiger partial charge in [-0.05, 0) is 63.1 Å². The van der Waals surface area contributed by atoms with Crippen molar-refractivity contribution < 1.29 is 13.9 Å². The number of carbonyl (C=O) groups is 1. The molecule has 0 spiro atoms. The number of hydrogen-bond donors (Lipinski definition) is 0. The number of hydrogen-bond acceptors (Lipinski definition) is 5. The lowest BCUT2D eigenvalue weighted by atomic mass is 9.81. The normalized spacial score (nSPS) is 19.1. The molecule has 29 heavy (non-hydrogen) atoms. The Balaban J connectivity index is 1.51. The minimum atomic E-state index is -0.687. The van der Waals surface area contributed by atoms with Crippen molar-refractivity contribution in [3.63, 3.8) is 0 Å². The molecule has 1 aliphatic carbocycles. The maximum atomic E-state index is 13.7. The highest BCUT2D eigenvalue weighted by Crippen LogP contribution is 2.35. The summed E-state index contributed by atoms with van der Waals surface area (Å²) in [6, 6.07) is 5.58. The van der Waals surface area contributed by atoms with E-state index in [-0.39, 0.29) is 29.1 Å². The number of nitriles is 1. The van der Waals surface area contributed by atoms with Crippen LogP contribution in [0.1, 0.15) is 61.9 Å². The molecule has 1 aromatic heterocycles. The molecule has 1 fully saturated rings. The predicted octanol–water partition coefficient (Wildman–Crippen LogP) is 4.88. The minimum Gasteiger partial charge on any atom is -0.426 e. The minimum absolute atomic E-state index is 0.0712. The van der Waals surface area contributed by atoms with E-state index in [9.17, 15) is 9.18 Å². The van der Waals surface area contributed by atoms with Gasteiger partial charge in [-0.3, -0.25) is 4.79 Å². The van der Waals surface area contributed by atoms with Gasteiger partial charge in [0.25, 0.3) is 0 Å². The zero-order chi connectivity index (χ0) is 20.6. The first-order chi connectivity index (χ1) is 14.1. The van der Waals surface area contributed by atoms with Crippen LogP contribution in [0.3, 0.4) is 0 Å². The Morgan fingerprint density at radius 3 is 2.62 bits per heavy atom. The summed E-state index contributed by atoms with van der Waals surface area (Å²) in [6.07, 6.45) is 12.9. The maximum absolute atomic E-state index is 13.7. The molecular formula is C23H24FN3O2. The van der Waals surface area contributed by atoms with E-state index in [4.69, 9.17) is 10.00 Å². The molecular weight excluding hydrogens is 369 g/mol. The Labute approximate surface area is 170 Å². The number of rotatable bonds is 6. The molecule has 1 aliphatic rings. The highest BCUT2D eigenvalue weighted by atomic mass is 19.1. The molecule has 1 heterocycles. The molecule has 0 saturated heterocycles. The number of halogens is 1. The van der Waals surface area contributed by atoms with E-state index in [2.05, 4.69) is 16.0 Å². The van der Waals surface area contributed by atoms with Crippen molar-refractivity contribution in [3.05, 3.63) is 65.5 Å². The Morgan fingerprint density at radius 2 is 2.00 bits per heavy atom. The second-order valence-electron chi connectivity index (χ2n) is 7.28. The van der Waals surface area contributed by atoms with Crippen LogP contribution >= 0.6 is 0 Å². The number of ether oxygens (including phenoxy) is 1. The van der Waals surface area contributed by atoms with E-state index in [0.717, 1.165) is 43.1 Å². The summed E-state index contributed by atoms with van der Waals surface area (Å²) in [7, 11) is 0. The number of carbonyl (C=O) groups excluding carboxylic acids is 1. The summed E-state index contributed by atoms with van der Waals surface area (Å²) in [5.41, 5.74) is 1.05. The third-order valence-electron chi connectivity index (χ3n) is 5.27. The fraction of sp³-hybridized carbons (Fsp3) is 0.391. The molecule has 6 heteroatoms. The van der Waals surface area contributed by atoms with Crippen molar-refractivity contribution in [2.24, 2.45) is 5.92 Å². The monoisotopic (exact) mass is 393 g/mol. The Kier molecular flexibility index (Phi) is 7.07. The number of aromatic nitrogens is 2. The van der Waals surface area contributed by atoms with Gasteiger partial charge in [0.2, 0.25) is 0 Å². The van der Waals surface area contributed by atoms with Crippen LogP contribution in [-0.4, -0.2) is 15.9 Å². The van der Waals surface area contributed by atoms with Crippen molar-refractivity contribution in [1.82, 2.24) is 9.97 Å². The highest BCUT2D eigenvalue weighted by molar-refractivity contribution is 5.75. The first-order valence-electron chi connectivity index (χ1n) is 9.94. The quantitative estimate of drug-likeness (QED) is 0.397. The molecule has 5 nitrogen and oxygen atoms in total. The van der Waals surface area contributed by atoms with Crippen LogP contribution < -0.4 is 4.74 Å². The van der Waals surface area contributed by atoms with Gasteiger partial charge in [0, 0.05) is 24.4 Å². The first-order valence-corrected chi connectivity index (χ1v) is 9.94. The Bertz CT molecular complexity index is 911. The fourth-order valence-electron chi connectivity index (χ4n) is 3.56. The topological polar surface area (TPSA) is 75.9 Å². The van der Waals surface area contributed by atoms with Crippen LogP contribution in [-0.2, 0) is 11.2 Å². The van der Waals surface area contributed by atoms with E-state index < -0.39 is 5.82 Å². The molecule has 0 unspecified atom stereocenters. The largest absolute Gasteiger partial charge is 0.426 e. The number of benzene rings is 1. The van der Waals surface area contributed by atoms with Gasteiger partial charge in [-0.25, -0.2) is 14.4 Å². The second kappa shape index (κ2) is 9.92. The highest BCUT2D eigenvalue weighted by Gasteiger charge is 2.29. The molecule has 3 rings (SSSR count).